The molecule has 7 nitrogen and oxygen atoms in total. The van der Waals surface area contributed by atoms with E-state index in [1.54, 1.807) is 30.5 Å². The summed E-state index contributed by atoms with van der Waals surface area (Å²) in [5, 5.41) is 21.2. The Morgan fingerprint density at radius 2 is 1.84 bits per heavy atom. The largest absolute Gasteiger partial charge is 0.394 e. The Morgan fingerprint density at radius 3 is 2.45 bits per heavy atom. The number of nitrogens with one attached hydrogen (secondary N) is 2. The molecule has 0 aliphatic heterocycles. The second-order valence-corrected chi connectivity index (χ2v) is 9.10. The predicted octanol–water partition coefficient (Wildman–Crippen LogP) is 2.67. The van der Waals surface area contributed by atoms with Gasteiger partial charge in [-0.3, -0.25) is 5.14 Å². The van der Waals surface area contributed by atoms with Gasteiger partial charge in [-0.2, -0.15) is 4.98 Å². The summed E-state index contributed by atoms with van der Waals surface area (Å²) < 4.78 is 11.8. The van der Waals surface area contributed by atoms with Crippen LogP contribution < -0.4 is 15.8 Å². The van der Waals surface area contributed by atoms with Gasteiger partial charge in [-0.05, 0) is 56.1 Å². The molecule has 0 bridgehead atoms. The van der Waals surface area contributed by atoms with Crippen LogP contribution >= 0.6 is 0 Å². The van der Waals surface area contributed by atoms with Gasteiger partial charge in [0.15, 0.2) is 0 Å². The van der Waals surface area contributed by atoms with Crippen LogP contribution in [0.3, 0.4) is 0 Å². The number of aromatic nitrogens is 2. The number of aryl methyl sites for hydroxylation is 1. The molecule has 3 rings (SSSR count). The van der Waals surface area contributed by atoms with E-state index in [1.165, 1.54) is 5.56 Å². The number of benzene rings is 2. The SMILES string of the molecule is C=S(N)(=O)c1ccc(Nc2ncc(C#Cc3ccc(C)cc3)c(N[C@H](C)CO)n2)cc1. The van der Waals surface area contributed by atoms with Crippen molar-refractivity contribution in [1.29, 1.82) is 0 Å². The Bertz CT molecular complexity index is 1210. The average Bonchev–Trinajstić information content (AvgIpc) is 2.74. The highest BCUT2D eigenvalue weighted by Crippen LogP contribution is 2.19. The summed E-state index contributed by atoms with van der Waals surface area (Å²) in [5.41, 5.74) is 3.37. The van der Waals surface area contributed by atoms with Gasteiger partial charge in [0, 0.05) is 22.2 Å². The molecular weight excluding hydrogens is 410 g/mol. The minimum atomic E-state index is -2.76. The first-order valence-electron chi connectivity index (χ1n) is 9.60. The van der Waals surface area contributed by atoms with Crippen LogP contribution in [0.5, 0.6) is 0 Å². The third-order valence-corrected chi connectivity index (χ3v) is 5.42. The zero-order chi connectivity index (χ0) is 22.4. The summed E-state index contributed by atoms with van der Waals surface area (Å²) in [4.78, 5) is 9.32. The van der Waals surface area contributed by atoms with E-state index in [9.17, 15) is 9.32 Å². The minimum Gasteiger partial charge on any atom is -0.394 e. The van der Waals surface area contributed by atoms with Crippen molar-refractivity contribution in [2.24, 2.45) is 5.14 Å². The van der Waals surface area contributed by atoms with E-state index in [4.69, 9.17) is 5.14 Å². The highest BCUT2D eigenvalue weighted by atomic mass is 32.2. The van der Waals surface area contributed by atoms with Crippen LogP contribution in [0.4, 0.5) is 17.5 Å². The molecular formula is C23H25N5O2S. The first-order valence-corrected chi connectivity index (χ1v) is 11.4. The Labute approximate surface area is 182 Å². The number of nitrogens with two attached hydrogens (primary N) is 1. The van der Waals surface area contributed by atoms with Crippen LogP contribution in [-0.4, -0.2) is 37.8 Å². The van der Waals surface area contributed by atoms with E-state index in [1.807, 2.05) is 38.1 Å². The monoisotopic (exact) mass is 435 g/mol. The number of hydrogen-bond donors (Lipinski definition) is 4. The van der Waals surface area contributed by atoms with Crippen LogP contribution in [0.2, 0.25) is 0 Å². The van der Waals surface area contributed by atoms with Crippen LogP contribution in [0.15, 0.2) is 59.6 Å². The molecule has 0 saturated heterocycles. The smallest absolute Gasteiger partial charge is 0.229 e. The van der Waals surface area contributed by atoms with Gasteiger partial charge in [-0.1, -0.05) is 29.5 Å². The number of anilines is 3. The normalized spacial score (nSPS) is 13.4. The number of nitrogens with zero attached hydrogens (tertiary/aromatic N) is 2. The van der Waals surface area contributed by atoms with E-state index in [-0.39, 0.29) is 12.6 Å². The maximum atomic E-state index is 11.8. The highest BCUT2D eigenvalue weighted by Gasteiger charge is 2.10. The molecule has 2 atom stereocenters. The van der Waals surface area contributed by atoms with Gasteiger partial charge >= 0.3 is 0 Å². The quantitative estimate of drug-likeness (QED) is 0.350. The molecule has 1 aromatic heterocycles. The second kappa shape index (κ2) is 9.62. The van der Waals surface area contributed by atoms with Gasteiger partial charge in [0.05, 0.1) is 28.1 Å². The molecule has 1 heterocycles. The molecule has 0 amide bonds. The third-order valence-electron chi connectivity index (χ3n) is 4.35. The minimum absolute atomic E-state index is 0.0531. The fourth-order valence-electron chi connectivity index (χ4n) is 2.60. The van der Waals surface area contributed by atoms with Crippen molar-refractivity contribution >= 4 is 33.0 Å². The number of rotatable bonds is 6. The summed E-state index contributed by atoms with van der Waals surface area (Å²) in [6.45, 7) is 3.81. The Morgan fingerprint density at radius 1 is 1.16 bits per heavy atom. The summed E-state index contributed by atoms with van der Waals surface area (Å²) in [6, 6.07) is 14.5. The van der Waals surface area contributed by atoms with Gasteiger partial charge in [-0.25, -0.2) is 9.19 Å². The zero-order valence-electron chi connectivity index (χ0n) is 17.4. The van der Waals surface area contributed by atoms with Crippen molar-refractivity contribution in [2.45, 2.75) is 24.8 Å². The Balaban J connectivity index is 1.87. The van der Waals surface area contributed by atoms with Crippen molar-refractivity contribution in [3.63, 3.8) is 0 Å². The first-order chi connectivity index (χ1) is 14.7. The fourth-order valence-corrected chi connectivity index (χ4v) is 3.19. The molecule has 1 unspecified atom stereocenters. The molecule has 0 aliphatic carbocycles. The Kier molecular flexibility index (Phi) is 6.92. The number of aliphatic hydroxyl groups excluding tert-OH is 1. The number of hydrogen-bond acceptors (Lipinski definition) is 6. The second-order valence-electron chi connectivity index (χ2n) is 7.18. The molecule has 2 aromatic carbocycles. The topological polar surface area (TPSA) is 113 Å². The van der Waals surface area contributed by atoms with Crippen LogP contribution in [0.1, 0.15) is 23.6 Å². The summed E-state index contributed by atoms with van der Waals surface area (Å²) >= 11 is 0. The molecule has 0 fully saturated rings. The van der Waals surface area contributed by atoms with Gasteiger partial charge in [0.1, 0.15) is 5.82 Å². The van der Waals surface area contributed by atoms with E-state index in [2.05, 4.69) is 38.3 Å². The lowest BCUT2D eigenvalue weighted by Gasteiger charge is -2.14. The van der Waals surface area contributed by atoms with Crippen molar-refractivity contribution in [1.82, 2.24) is 9.97 Å². The van der Waals surface area contributed by atoms with Crippen molar-refractivity contribution in [3.8, 4) is 11.8 Å². The maximum Gasteiger partial charge on any atom is 0.229 e. The van der Waals surface area contributed by atoms with Gasteiger partial charge < -0.3 is 15.7 Å². The summed E-state index contributed by atoms with van der Waals surface area (Å²) in [7, 11) is -2.76. The van der Waals surface area contributed by atoms with Crippen molar-refractivity contribution in [3.05, 3.63) is 71.4 Å². The molecule has 0 spiro atoms. The molecule has 0 saturated carbocycles. The predicted molar refractivity (Wildman–Crippen MR) is 127 cm³/mol. The molecule has 3 aromatic rings. The highest BCUT2D eigenvalue weighted by molar-refractivity contribution is 7.98. The third kappa shape index (κ3) is 6.30. The fraction of sp³-hybridized carbons (Fsp3) is 0.174. The average molecular weight is 436 g/mol. The number of aliphatic hydroxyl groups is 1. The van der Waals surface area contributed by atoms with E-state index < -0.39 is 9.71 Å². The lowest BCUT2D eigenvalue weighted by atomic mass is 10.1. The molecule has 31 heavy (non-hydrogen) atoms. The molecule has 8 heteroatoms. The molecule has 0 radical (unpaired) electrons. The summed E-state index contributed by atoms with van der Waals surface area (Å²) in [6.07, 6.45) is 1.62. The molecule has 5 N–H and O–H groups in total. The van der Waals surface area contributed by atoms with E-state index in [0.29, 0.717) is 27.9 Å². The molecule has 0 aliphatic rings. The maximum absolute atomic E-state index is 11.8. The lowest BCUT2D eigenvalue weighted by molar-refractivity contribution is 0.281. The standard InChI is InChI=1S/C23H25N5O2S/c1-16-4-6-18(7-5-16)8-9-19-14-25-23(28-22(19)26-17(2)15-29)27-20-10-12-21(13-11-20)31(3,24)30/h4-7,10-14,17,29H,3,15H2,1-2H3,(H2,24,30)(H2,25,26,27,28)/t17-,31?/m1/s1. The van der Waals surface area contributed by atoms with E-state index in [0.717, 1.165) is 5.56 Å². The molecule has 160 valence electrons. The summed E-state index contributed by atoms with van der Waals surface area (Å²) in [5.74, 6) is 10.5. The van der Waals surface area contributed by atoms with Gasteiger partial charge in [-0.15, -0.1) is 0 Å². The van der Waals surface area contributed by atoms with E-state index >= 15 is 0 Å². The van der Waals surface area contributed by atoms with Crippen LogP contribution in [0.25, 0.3) is 0 Å². The van der Waals surface area contributed by atoms with Gasteiger partial charge in [0.25, 0.3) is 0 Å². The van der Waals surface area contributed by atoms with Gasteiger partial charge in [0.2, 0.25) is 5.95 Å². The van der Waals surface area contributed by atoms with Crippen LogP contribution in [0, 0.1) is 18.8 Å². The first kappa shape index (κ1) is 22.3. The van der Waals surface area contributed by atoms with Crippen molar-refractivity contribution in [2.75, 3.05) is 17.2 Å². The Hall–Kier alpha value is -3.38. The zero-order valence-corrected chi connectivity index (χ0v) is 18.2. The van der Waals surface area contributed by atoms with Crippen molar-refractivity contribution < 1.29 is 9.32 Å². The lowest BCUT2D eigenvalue weighted by Crippen LogP contribution is -2.21. The van der Waals surface area contributed by atoms with Crippen LogP contribution in [-0.2, 0) is 9.71 Å².